The quantitative estimate of drug-likeness (QED) is 0.850. The predicted molar refractivity (Wildman–Crippen MR) is 99.2 cm³/mol. The minimum absolute atomic E-state index is 0.0120. The monoisotopic (exact) mass is 340 g/mol. The summed E-state index contributed by atoms with van der Waals surface area (Å²) in [7, 11) is 1.91. The molecule has 1 unspecified atom stereocenters. The summed E-state index contributed by atoms with van der Waals surface area (Å²) in [6.45, 7) is 4.33. The highest BCUT2D eigenvalue weighted by Gasteiger charge is 2.31. The Morgan fingerprint density at radius 2 is 2.12 bits per heavy atom. The van der Waals surface area contributed by atoms with E-state index in [4.69, 9.17) is 0 Å². The highest BCUT2D eigenvalue weighted by atomic mass is 16.1. The van der Waals surface area contributed by atoms with Crippen molar-refractivity contribution in [3.63, 3.8) is 0 Å². The Bertz CT molecular complexity index is 707. The maximum atomic E-state index is 11.9. The summed E-state index contributed by atoms with van der Waals surface area (Å²) in [5, 5.41) is 11.2. The number of nitrogens with one attached hydrogen (secondary N) is 2. The van der Waals surface area contributed by atoms with Crippen molar-refractivity contribution < 1.29 is 4.79 Å². The van der Waals surface area contributed by atoms with Gasteiger partial charge in [0.15, 0.2) is 0 Å². The number of carbonyl (C=O) groups is 1. The summed E-state index contributed by atoms with van der Waals surface area (Å²) in [4.78, 5) is 11.9. The molecule has 1 aliphatic heterocycles. The lowest BCUT2D eigenvalue weighted by molar-refractivity contribution is -0.124. The van der Waals surface area contributed by atoms with Crippen molar-refractivity contribution in [3.8, 4) is 0 Å². The first-order valence-electron chi connectivity index (χ1n) is 9.14. The molecule has 134 valence electrons. The zero-order valence-electron chi connectivity index (χ0n) is 15.3. The van der Waals surface area contributed by atoms with E-state index < -0.39 is 0 Å². The smallest absolute Gasteiger partial charge is 0.220 e. The Labute approximate surface area is 149 Å². The second-order valence-electron chi connectivity index (χ2n) is 7.10. The lowest BCUT2D eigenvalue weighted by Crippen LogP contribution is -2.51. The lowest BCUT2D eigenvalue weighted by atomic mass is 9.92. The van der Waals surface area contributed by atoms with Gasteiger partial charge in [-0.05, 0) is 31.7 Å². The van der Waals surface area contributed by atoms with Crippen molar-refractivity contribution in [1.29, 1.82) is 0 Å². The van der Waals surface area contributed by atoms with E-state index in [9.17, 15) is 4.79 Å². The van der Waals surface area contributed by atoms with Gasteiger partial charge in [-0.1, -0.05) is 36.8 Å². The number of benzene rings is 1. The molecule has 0 spiro atoms. The topological polar surface area (TPSA) is 59.0 Å². The minimum atomic E-state index is -0.0120. The molecule has 3 rings (SSSR count). The molecular weight excluding hydrogens is 312 g/mol. The zero-order chi connectivity index (χ0) is 17.8. The first kappa shape index (κ1) is 17.7. The van der Waals surface area contributed by atoms with Gasteiger partial charge in [-0.3, -0.25) is 9.48 Å². The fraction of sp³-hybridized carbons (Fsp3) is 0.500. The van der Waals surface area contributed by atoms with Gasteiger partial charge in [-0.2, -0.15) is 5.10 Å². The normalized spacial score (nSPS) is 21.8. The van der Waals surface area contributed by atoms with Crippen LogP contribution in [0.5, 0.6) is 0 Å². The van der Waals surface area contributed by atoms with Crippen LogP contribution in [-0.2, 0) is 18.3 Å². The SMILES string of the molecule is CCC(Cc1ccc(C)cc1)N[C@@H]1CCC(=O)N[C@H]1c1cnn(C)c1. The first-order chi connectivity index (χ1) is 12.0. The molecule has 5 heteroatoms. The van der Waals surface area contributed by atoms with E-state index in [0.29, 0.717) is 12.5 Å². The van der Waals surface area contributed by atoms with Gasteiger partial charge in [0.25, 0.3) is 0 Å². The number of rotatable bonds is 6. The molecule has 5 nitrogen and oxygen atoms in total. The van der Waals surface area contributed by atoms with E-state index in [1.165, 1.54) is 11.1 Å². The summed E-state index contributed by atoms with van der Waals surface area (Å²) in [6.07, 6.45) is 7.34. The number of nitrogens with zero attached hydrogens (tertiary/aromatic N) is 2. The van der Waals surface area contributed by atoms with Crippen molar-refractivity contribution in [1.82, 2.24) is 20.4 Å². The molecule has 2 N–H and O–H groups in total. The van der Waals surface area contributed by atoms with Crippen LogP contribution in [0.2, 0.25) is 0 Å². The molecule has 1 aromatic carbocycles. The van der Waals surface area contributed by atoms with Gasteiger partial charge in [-0.25, -0.2) is 0 Å². The number of piperidine rings is 1. The van der Waals surface area contributed by atoms with Gasteiger partial charge in [0.2, 0.25) is 5.91 Å². The summed E-state index contributed by atoms with van der Waals surface area (Å²) < 4.78 is 1.79. The molecular formula is C20H28N4O. The summed E-state index contributed by atoms with van der Waals surface area (Å²) in [5.41, 5.74) is 3.71. The van der Waals surface area contributed by atoms with Crippen molar-refractivity contribution in [2.45, 2.75) is 57.7 Å². The number of aryl methyl sites for hydroxylation is 2. The van der Waals surface area contributed by atoms with Gasteiger partial charge >= 0.3 is 0 Å². The average molecular weight is 340 g/mol. The Morgan fingerprint density at radius 3 is 2.76 bits per heavy atom. The van der Waals surface area contributed by atoms with Crippen molar-refractivity contribution >= 4 is 5.91 Å². The van der Waals surface area contributed by atoms with Crippen LogP contribution in [0.25, 0.3) is 0 Å². The van der Waals surface area contributed by atoms with Gasteiger partial charge < -0.3 is 10.6 Å². The van der Waals surface area contributed by atoms with E-state index in [-0.39, 0.29) is 18.0 Å². The molecule has 0 saturated carbocycles. The van der Waals surface area contributed by atoms with E-state index >= 15 is 0 Å². The molecule has 1 aliphatic rings. The Balaban J connectivity index is 1.70. The molecule has 0 bridgehead atoms. The second kappa shape index (κ2) is 7.83. The summed E-state index contributed by atoms with van der Waals surface area (Å²) >= 11 is 0. The lowest BCUT2D eigenvalue weighted by Gasteiger charge is -2.35. The van der Waals surface area contributed by atoms with Crippen molar-refractivity contribution in [2.24, 2.45) is 7.05 Å². The molecule has 25 heavy (non-hydrogen) atoms. The summed E-state index contributed by atoms with van der Waals surface area (Å²) in [5.74, 6) is 0.124. The molecule has 1 fully saturated rings. The third-order valence-corrected chi connectivity index (χ3v) is 5.03. The van der Waals surface area contributed by atoms with E-state index in [0.717, 1.165) is 24.8 Å². The van der Waals surface area contributed by atoms with Crippen LogP contribution in [0.15, 0.2) is 36.7 Å². The predicted octanol–water partition coefficient (Wildman–Crippen LogP) is 2.66. The van der Waals surface area contributed by atoms with Crippen LogP contribution >= 0.6 is 0 Å². The second-order valence-corrected chi connectivity index (χ2v) is 7.10. The number of hydrogen-bond acceptors (Lipinski definition) is 3. The van der Waals surface area contributed by atoms with Gasteiger partial charge in [-0.15, -0.1) is 0 Å². The largest absolute Gasteiger partial charge is 0.348 e. The molecule has 0 aliphatic carbocycles. The fourth-order valence-corrected chi connectivity index (χ4v) is 3.53. The number of aromatic nitrogens is 2. The molecule has 0 radical (unpaired) electrons. The van der Waals surface area contributed by atoms with Crippen LogP contribution in [0.4, 0.5) is 0 Å². The highest BCUT2D eigenvalue weighted by molar-refractivity contribution is 5.77. The van der Waals surface area contributed by atoms with E-state index in [2.05, 4.69) is 53.8 Å². The number of hydrogen-bond donors (Lipinski definition) is 2. The van der Waals surface area contributed by atoms with Crippen LogP contribution in [-0.4, -0.2) is 27.8 Å². The maximum absolute atomic E-state index is 11.9. The molecule has 3 atom stereocenters. The van der Waals surface area contributed by atoms with E-state index in [1.807, 2.05) is 19.4 Å². The van der Waals surface area contributed by atoms with Gasteiger partial charge in [0.05, 0.1) is 12.2 Å². The molecule has 1 saturated heterocycles. The third-order valence-electron chi connectivity index (χ3n) is 5.03. The summed E-state index contributed by atoms with van der Waals surface area (Å²) in [6, 6.07) is 9.37. The first-order valence-corrected chi connectivity index (χ1v) is 9.14. The van der Waals surface area contributed by atoms with Crippen LogP contribution in [0.3, 0.4) is 0 Å². The number of carbonyl (C=O) groups excluding carboxylic acids is 1. The Hall–Kier alpha value is -2.14. The molecule has 2 aromatic rings. The standard InChI is InChI=1S/C20H28N4O/c1-4-17(11-15-7-5-14(2)6-8-15)22-18-9-10-19(25)23-20(18)16-12-21-24(3)13-16/h5-8,12-13,17-18,20,22H,4,9-11H2,1-3H3,(H,23,25)/t17?,18-,20+/m1/s1. The van der Waals surface area contributed by atoms with Gasteiger partial charge in [0.1, 0.15) is 0 Å². The highest BCUT2D eigenvalue weighted by Crippen LogP contribution is 2.25. The van der Waals surface area contributed by atoms with Crippen LogP contribution in [0, 0.1) is 6.92 Å². The van der Waals surface area contributed by atoms with E-state index in [1.54, 1.807) is 4.68 Å². The maximum Gasteiger partial charge on any atom is 0.220 e. The average Bonchev–Trinajstić information content (AvgIpc) is 3.04. The molecule has 2 heterocycles. The zero-order valence-corrected chi connectivity index (χ0v) is 15.3. The number of amides is 1. The van der Waals surface area contributed by atoms with Gasteiger partial charge in [0, 0.05) is 37.3 Å². The third kappa shape index (κ3) is 4.48. The van der Waals surface area contributed by atoms with Crippen LogP contribution < -0.4 is 10.6 Å². The molecule has 1 amide bonds. The Kier molecular flexibility index (Phi) is 5.53. The van der Waals surface area contributed by atoms with Crippen molar-refractivity contribution in [2.75, 3.05) is 0 Å². The van der Waals surface area contributed by atoms with Crippen LogP contribution in [0.1, 0.15) is 48.9 Å². The minimum Gasteiger partial charge on any atom is -0.348 e. The fourth-order valence-electron chi connectivity index (χ4n) is 3.53. The molecule has 1 aromatic heterocycles. The Morgan fingerprint density at radius 1 is 1.36 bits per heavy atom. The van der Waals surface area contributed by atoms with Crippen molar-refractivity contribution in [3.05, 3.63) is 53.3 Å².